The normalized spacial score (nSPS) is 33.9. The van der Waals surface area contributed by atoms with Crippen molar-refractivity contribution in [1.82, 2.24) is 0 Å². The van der Waals surface area contributed by atoms with Gasteiger partial charge in [0.05, 0.1) is 6.10 Å². The lowest BCUT2D eigenvalue weighted by Gasteiger charge is -2.33. The zero-order chi connectivity index (χ0) is 20.1. The molecule has 27 heavy (non-hydrogen) atoms. The summed E-state index contributed by atoms with van der Waals surface area (Å²) in [4.78, 5) is 24.1. The van der Waals surface area contributed by atoms with E-state index in [9.17, 15) is 14.7 Å². The number of allylic oxidation sites excluding steroid dienone is 2. The molecule has 5 nitrogen and oxygen atoms in total. The van der Waals surface area contributed by atoms with E-state index in [4.69, 9.17) is 9.47 Å². The summed E-state index contributed by atoms with van der Waals surface area (Å²) in [6.07, 6.45) is 6.81. The van der Waals surface area contributed by atoms with Crippen molar-refractivity contribution in [2.75, 3.05) is 0 Å². The molecule has 0 spiro atoms. The summed E-state index contributed by atoms with van der Waals surface area (Å²) < 4.78 is 11.3. The number of carbonyl (C=O) groups is 2. The molecule has 2 aliphatic rings. The standard InChI is InChI=1S/C22H32O5/c1-13(2)21-19(26-16(5)23)10-15(4)8-6-7-14(3)9-18(24)11-17-12-20(21)27-22(17)25/h8-9,12-13,18-21,24H,6-7,10-11H2,1-5H3/b14-9-,15-8-/t18-,19+,20-,21-/m1/s1. The average molecular weight is 376 g/mol. The number of fused-ring (bicyclic) bond motifs is 1. The van der Waals surface area contributed by atoms with Crippen LogP contribution in [0.15, 0.2) is 34.9 Å². The Balaban J connectivity index is 2.42. The van der Waals surface area contributed by atoms with Crippen LogP contribution < -0.4 is 0 Å². The monoisotopic (exact) mass is 376 g/mol. The first-order valence-electron chi connectivity index (χ1n) is 9.77. The number of carbonyl (C=O) groups excluding carboxylic acids is 2. The Kier molecular flexibility index (Phi) is 7.42. The van der Waals surface area contributed by atoms with E-state index in [2.05, 4.69) is 6.08 Å². The molecule has 1 heterocycles. The number of hydrogen-bond donors (Lipinski definition) is 1. The highest BCUT2D eigenvalue weighted by molar-refractivity contribution is 5.91. The Morgan fingerprint density at radius 3 is 2.56 bits per heavy atom. The molecule has 0 unspecified atom stereocenters. The molecule has 0 saturated carbocycles. The minimum atomic E-state index is -0.711. The number of rotatable bonds is 2. The number of esters is 2. The van der Waals surface area contributed by atoms with Crippen molar-refractivity contribution in [2.45, 2.75) is 78.6 Å². The Labute approximate surface area is 162 Å². The molecule has 0 aromatic rings. The molecule has 0 saturated heterocycles. The number of ether oxygens (including phenoxy) is 2. The van der Waals surface area contributed by atoms with Gasteiger partial charge in [0.15, 0.2) is 0 Å². The summed E-state index contributed by atoms with van der Waals surface area (Å²) in [6.45, 7) is 9.52. The SMILES string of the molecule is CC(=O)O[C@H]1C/C(C)=C\CC/C(C)=C\[C@@H](O)CC2=C[C@@H](OC2=O)[C@@H]1C(C)C. The molecule has 0 radical (unpaired) electrons. The maximum absolute atomic E-state index is 12.3. The van der Waals surface area contributed by atoms with Gasteiger partial charge in [0.25, 0.3) is 0 Å². The van der Waals surface area contributed by atoms with Crippen LogP contribution in [0, 0.1) is 11.8 Å². The van der Waals surface area contributed by atoms with Crippen LogP contribution in [-0.4, -0.2) is 35.4 Å². The largest absolute Gasteiger partial charge is 0.462 e. The molecular formula is C22H32O5. The molecule has 0 amide bonds. The molecule has 2 rings (SSSR count). The predicted octanol–water partition coefficient (Wildman–Crippen LogP) is 3.87. The van der Waals surface area contributed by atoms with Crippen LogP contribution in [0.1, 0.15) is 60.3 Å². The summed E-state index contributed by atoms with van der Waals surface area (Å²) in [7, 11) is 0. The summed E-state index contributed by atoms with van der Waals surface area (Å²) in [5.41, 5.74) is 2.72. The van der Waals surface area contributed by atoms with Gasteiger partial charge in [-0.25, -0.2) is 4.79 Å². The third-order valence-electron chi connectivity index (χ3n) is 5.23. The van der Waals surface area contributed by atoms with E-state index < -0.39 is 12.2 Å². The van der Waals surface area contributed by atoms with E-state index in [0.717, 1.165) is 24.0 Å². The average Bonchev–Trinajstić information content (AvgIpc) is 2.85. The third kappa shape index (κ3) is 6.06. The fourth-order valence-corrected chi connectivity index (χ4v) is 3.97. The quantitative estimate of drug-likeness (QED) is 0.585. The number of aliphatic hydroxyl groups excluding tert-OH is 1. The fourth-order valence-electron chi connectivity index (χ4n) is 3.97. The van der Waals surface area contributed by atoms with Gasteiger partial charge in [-0.15, -0.1) is 0 Å². The Morgan fingerprint density at radius 2 is 1.93 bits per heavy atom. The minimum absolute atomic E-state index is 0.143. The van der Waals surface area contributed by atoms with Crippen LogP contribution in [0.2, 0.25) is 0 Å². The topological polar surface area (TPSA) is 72.8 Å². The van der Waals surface area contributed by atoms with Gasteiger partial charge in [0.1, 0.15) is 12.2 Å². The van der Waals surface area contributed by atoms with E-state index in [1.54, 1.807) is 6.08 Å². The van der Waals surface area contributed by atoms with Gasteiger partial charge >= 0.3 is 11.9 Å². The van der Waals surface area contributed by atoms with E-state index in [1.807, 2.05) is 33.8 Å². The summed E-state index contributed by atoms with van der Waals surface area (Å²) >= 11 is 0. The molecule has 1 aliphatic heterocycles. The van der Waals surface area contributed by atoms with Crippen LogP contribution >= 0.6 is 0 Å². The molecular weight excluding hydrogens is 344 g/mol. The van der Waals surface area contributed by atoms with E-state index >= 15 is 0 Å². The lowest BCUT2D eigenvalue weighted by Crippen LogP contribution is -2.38. The van der Waals surface area contributed by atoms with Crippen LogP contribution in [0.25, 0.3) is 0 Å². The minimum Gasteiger partial charge on any atom is -0.462 e. The highest BCUT2D eigenvalue weighted by Crippen LogP contribution is 2.34. The molecule has 150 valence electrons. The van der Waals surface area contributed by atoms with Crippen LogP contribution in [0.4, 0.5) is 0 Å². The van der Waals surface area contributed by atoms with Crippen LogP contribution in [0.3, 0.4) is 0 Å². The first kappa shape index (κ1) is 21.4. The molecule has 0 fully saturated rings. The summed E-state index contributed by atoms with van der Waals surface area (Å²) in [5, 5.41) is 10.3. The molecule has 1 aliphatic carbocycles. The van der Waals surface area contributed by atoms with Crippen LogP contribution in [-0.2, 0) is 19.1 Å². The van der Waals surface area contributed by atoms with Gasteiger partial charge in [0.2, 0.25) is 0 Å². The molecule has 5 heteroatoms. The van der Waals surface area contributed by atoms with E-state index in [0.29, 0.717) is 12.0 Å². The first-order chi connectivity index (χ1) is 12.7. The maximum Gasteiger partial charge on any atom is 0.334 e. The van der Waals surface area contributed by atoms with Gasteiger partial charge in [-0.05, 0) is 38.7 Å². The predicted molar refractivity (Wildman–Crippen MR) is 104 cm³/mol. The Morgan fingerprint density at radius 1 is 1.22 bits per heavy atom. The highest BCUT2D eigenvalue weighted by Gasteiger charge is 2.39. The van der Waals surface area contributed by atoms with E-state index in [-0.39, 0.29) is 36.3 Å². The molecule has 0 aromatic carbocycles. The van der Waals surface area contributed by atoms with Gasteiger partial charge in [0, 0.05) is 31.3 Å². The molecule has 4 atom stereocenters. The second-order valence-electron chi connectivity index (χ2n) is 8.11. The molecule has 0 aromatic heterocycles. The smallest absolute Gasteiger partial charge is 0.334 e. The first-order valence-corrected chi connectivity index (χ1v) is 9.77. The van der Waals surface area contributed by atoms with Gasteiger partial charge in [-0.2, -0.15) is 0 Å². The number of hydrogen-bond acceptors (Lipinski definition) is 5. The van der Waals surface area contributed by atoms with E-state index in [1.165, 1.54) is 6.92 Å². The van der Waals surface area contributed by atoms with Gasteiger partial charge in [-0.3, -0.25) is 4.79 Å². The van der Waals surface area contributed by atoms with Crippen LogP contribution in [0.5, 0.6) is 0 Å². The van der Waals surface area contributed by atoms with Crippen molar-refractivity contribution < 1.29 is 24.2 Å². The lowest BCUT2D eigenvalue weighted by atomic mass is 9.82. The van der Waals surface area contributed by atoms with Crippen molar-refractivity contribution in [1.29, 1.82) is 0 Å². The van der Waals surface area contributed by atoms with Gasteiger partial charge < -0.3 is 14.6 Å². The second kappa shape index (κ2) is 9.36. The Bertz CT molecular complexity index is 656. The van der Waals surface area contributed by atoms with Crippen molar-refractivity contribution >= 4 is 11.9 Å². The van der Waals surface area contributed by atoms with Crippen molar-refractivity contribution in [3.8, 4) is 0 Å². The van der Waals surface area contributed by atoms with Crippen molar-refractivity contribution in [2.24, 2.45) is 11.8 Å². The zero-order valence-corrected chi connectivity index (χ0v) is 17.0. The van der Waals surface area contributed by atoms with Crippen molar-refractivity contribution in [3.63, 3.8) is 0 Å². The highest BCUT2D eigenvalue weighted by atomic mass is 16.6. The lowest BCUT2D eigenvalue weighted by molar-refractivity contribution is -0.156. The molecule has 1 N–H and O–H groups in total. The third-order valence-corrected chi connectivity index (χ3v) is 5.23. The summed E-state index contributed by atoms with van der Waals surface area (Å²) in [5.74, 6) is -0.715. The molecule has 2 bridgehead atoms. The second-order valence-corrected chi connectivity index (χ2v) is 8.11. The zero-order valence-electron chi connectivity index (χ0n) is 17.0. The Hall–Kier alpha value is -1.88. The van der Waals surface area contributed by atoms with Crippen molar-refractivity contribution in [3.05, 3.63) is 34.9 Å². The summed E-state index contributed by atoms with van der Waals surface area (Å²) in [6, 6.07) is 0. The fraction of sp³-hybridized carbons (Fsp3) is 0.636. The van der Waals surface area contributed by atoms with Gasteiger partial charge in [-0.1, -0.05) is 37.1 Å². The number of aliphatic hydroxyl groups is 1. The maximum atomic E-state index is 12.3.